The highest BCUT2D eigenvalue weighted by molar-refractivity contribution is 7.80. The molecule has 0 unspecified atom stereocenters. The number of benzene rings is 1. The van der Waals surface area contributed by atoms with Gasteiger partial charge in [0.25, 0.3) is 5.91 Å². The predicted molar refractivity (Wildman–Crippen MR) is 102 cm³/mol. The van der Waals surface area contributed by atoms with E-state index in [1.54, 1.807) is 25.3 Å². The molecular weight excluding hydrogens is 338 g/mol. The van der Waals surface area contributed by atoms with Crippen molar-refractivity contribution in [2.24, 2.45) is 0 Å². The molecule has 1 aliphatic carbocycles. The summed E-state index contributed by atoms with van der Waals surface area (Å²) in [6.07, 6.45) is 6.71. The molecule has 7 heteroatoms. The van der Waals surface area contributed by atoms with Crippen LogP contribution in [0.1, 0.15) is 55.8 Å². The van der Waals surface area contributed by atoms with Crippen LogP contribution in [0.3, 0.4) is 0 Å². The first-order valence-electron chi connectivity index (χ1n) is 8.81. The van der Waals surface area contributed by atoms with Crippen LogP contribution < -0.4 is 25.6 Å². The maximum atomic E-state index is 12.3. The van der Waals surface area contributed by atoms with E-state index in [0.717, 1.165) is 25.7 Å². The van der Waals surface area contributed by atoms with Gasteiger partial charge < -0.3 is 14.8 Å². The third kappa shape index (κ3) is 6.08. The van der Waals surface area contributed by atoms with Crippen molar-refractivity contribution in [1.82, 2.24) is 16.2 Å². The normalized spacial score (nSPS) is 14.0. The summed E-state index contributed by atoms with van der Waals surface area (Å²) in [6.45, 7) is 2.73. The summed E-state index contributed by atoms with van der Waals surface area (Å²) < 4.78 is 11.0. The summed E-state index contributed by atoms with van der Waals surface area (Å²) in [6, 6.07) is 5.51. The molecule has 1 aromatic rings. The van der Waals surface area contributed by atoms with Gasteiger partial charge in [0.1, 0.15) is 0 Å². The summed E-state index contributed by atoms with van der Waals surface area (Å²) in [7, 11) is 1.56. The highest BCUT2D eigenvalue weighted by Gasteiger charge is 2.16. The van der Waals surface area contributed by atoms with Gasteiger partial charge in [0.15, 0.2) is 16.6 Å². The lowest BCUT2D eigenvalue weighted by atomic mass is 10.2. The largest absolute Gasteiger partial charge is 0.493 e. The Labute approximate surface area is 154 Å². The number of hydrogen-bond acceptors (Lipinski definition) is 4. The van der Waals surface area contributed by atoms with Crippen molar-refractivity contribution in [1.29, 1.82) is 0 Å². The van der Waals surface area contributed by atoms with Gasteiger partial charge in [-0.3, -0.25) is 15.6 Å². The molecule has 0 heterocycles. The fraction of sp³-hybridized carbons (Fsp3) is 0.556. The van der Waals surface area contributed by atoms with Crippen LogP contribution >= 0.6 is 12.2 Å². The van der Waals surface area contributed by atoms with Gasteiger partial charge in [-0.25, -0.2) is 0 Å². The van der Waals surface area contributed by atoms with E-state index in [1.807, 2.05) is 0 Å². The molecule has 1 fully saturated rings. The predicted octanol–water partition coefficient (Wildman–Crippen LogP) is 2.93. The maximum absolute atomic E-state index is 12.3. The Bertz CT molecular complexity index is 589. The Kier molecular flexibility index (Phi) is 7.78. The van der Waals surface area contributed by atoms with Gasteiger partial charge >= 0.3 is 0 Å². The average molecular weight is 365 g/mol. The van der Waals surface area contributed by atoms with Gasteiger partial charge in [0.05, 0.1) is 13.7 Å². The molecule has 3 N–H and O–H groups in total. The fourth-order valence-corrected chi connectivity index (χ4v) is 2.95. The highest BCUT2D eigenvalue weighted by atomic mass is 32.1. The van der Waals surface area contributed by atoms with E-state index in [-0.39, 0.29) is 5.91 Å². The Morgan fingerprint density at radius 1 is 1.24 bits per heavy atom. The zero-order valence-electron chi connectivity index (χ0n) is 14.9. The van der Waals surface area contributed by atoms with E-state index in [1.165, 1.54) is 12.8 Å². The smallest absolute Gasteiger partial charge is 0.269 e. The van der Waals surface area contributed by atoms with Crippen LogP contribution in [-0.4, -0.2) is 30.8 Å². The van der Waals surface area contributed by atoms with Gasteiger partial charge in [-0.05, 0) is 49.7 Å². The third-order valence-electron chi connectivity index (χ3n) is 4.16. The molecule has 0 aromatic heterocycles. The number of carbonyl (C=O) groups is 1. The number of methoxy groups -OCH3 is 1. The van der Waals surface area contributed by atoms with Crippen LogP contribution in [0.15, 0.2) is 18.2 Å². The van der Waals surface area contributed by atoms with Gasteiger partial charge in [-0.1, -0.05) is 26.2 Å². The first-order chi connectivity index (χ1) is 12.1. The molecule has 0 radical (unpaired) electrons. The summed E-state index contributed by atoms with van der Waals surface area (Å²) in [5.41, 5.74) is 5.83. The zero-order valence-corrected chi connectivity index (χ0v) is 15.7. The maximum Gasteiger partial charge on any atom is 0.269 e. The number of amides is 1. The Morgan fingerprint density at radius 3 is 2.68 bits per heavy atom. The fourth-order valence-electron chi connectivity index (χ4n) is 2.73. The van der Waals surface area contributed by atoms with E-state index in [0.29, 0.717) is 34.8 Å². The second kappa shape index (κ2) is 10.1. The lowest BCUT2D eigenvalue weighted by molar-refractivity contribution is 0.0943. The molecule has 0 atom stereocenters. The second-order valence-electron chi connectivity index (χ2n) is 6.10. The van der Waals surface area contributed by atoms with E-state index in [4.69, 9.17) is 21.7 Å². The van der Waals surface area contributed by atoms with Crippen molar-refractivity contribution in [3.05, 3.63) is 23.8 Å². The van der Waals surface area contributed by atoms with E-state index >= 15 is 0 Å². The summed E-state index contributed by atoms with van der Waals surface area (Å²) in [5.74, 6) is 0.892. The number of hydrazine groups is 1. The molecule has 6 nitrogen and oxygen atoms in total. The molecule has 1 aliphatic rings. The van der Waals surface area contributed by atoms with Crippen molar-refractivity contribution in [3.63, 3.8) is 0 Å². The Morgan fingerprint density at radius 2 is 2.00 bits per heavy atom. The summed E-state index contributed by atoms with van der Waals surface area (Å²) in [4.78, 5) is 12.3. The molecule has 0 bridgehead atoms. The molecule has 1 saturated carbocycles. The van der Waals surface area contributed by atoms with Gasteiger partial charge in [-0.2, -0.15) is 0 Å². The molecule has 0 spiro atoms. The van der Waals surface area contributed by atoms with E-state index in [9.17, 15) is 4.79 Å². The lowest BCUT2D eigenvalue weighted by Crippen LogP contribution is -2.49. The minimum atomic E-state index is -0.283. The molecule has 0 saturated heterocycles. The first kappa shape index (κ1) is 19.3. The van der Waals surface area contributed by atoms with Gasteiger partial charge in [0.2, 0.25) is 0 Å². The van der Waals surface area contributed by atoms with Crippen molar-refractivity contribution in [3.8, 4) is 11.5 Å². The standard InChI is InChI=1S/C18H27N3O3S/c1-3-4-11-24-15-10-9-13(12-16(15)23-2)17(22)20-21-18(25)19-14-7-5-6-8-14/h9-10,12,14H,3-8,11H2,1-2H3,(H,20,22)(H2,19,21,25). The van der Waals surface area contributed by atoms with Crippen LogP contribution in [0, 0.1) is 0 Å². The van der Waals surface area contributed by atoms with E-state index < -0.39 is 0 Å². The van der Waals surface area contributed by atoms with Crippen LogP contribution in [0.2, 0.25) is 0 Å². The molecule has 1 amide bonds. The highest BCUT2D eigenvalue weighted by Crippen LogP contribution is 2.28. The van der Waals surface area contributed by atoms with Crippen molar-refractivity contribution >= 4 is 23.2 Å². The number of rotatable bonds is 7. The number of hydrogen-bond donors (Lipinski definition) is 3. The SMILES string of the molecule is CCCCOc1ccc(C(=O)NNC(=S)NC2CCCC2)cc1OC. The molecule has 25 heavy (non-hydrogen) atoms. The summed E-state index contributed by atoms with van der Waals surface area (Å²) in [5, 5.41) is 3.64. The second-order valence-corrected chi connectivity index (χ2v) is 6.51. The lowest BCUT2D eigenvalue weighted by Gasteiger charge is -2.16. The number of unbranched alkanes of at least 4 members (excludes halogenated alkanes) is 1. The topological polar surface area (TPSA) is 71.6 Å². The van der Waals surface area contributed by atoms with Crippen LogP contribution in [0.5, 0.6) is 11.5 Å². The monoisotopic (exact) mass is 365 g/mol. The number of thiocarbonyl (C=S) groups is 1. The quantitative estimate of drug-likeness (QED) is 0.392. The van der Waals surface area contributed by atoms with Crippen LogP contribution in [0.4, 0.5) is 0 Å². The van der Waals surface area contributed by atoms with Crippen molar-refractivity contribution in [2.75, 3.05) is 13.7 Å². The molecule has 2 rings (SSSR count). The minimum Gasteiger partial charge on any atom is -0.493 e. The molecule has 138 valence electrons. The summed E-state index contributed by atoms with van der Waals surface area (Å²) >= 11 is 5.21. The third-order valence-corrected chi connectivity index (χ3v) is 4.38. The number of carbonyl (C=O) groups excluding carboxylic acids is 1. The minimum absolute atomic E-state index is 0.283. The number of ether oxygens (including phenoxy) is 2. The Balaban J connectivity index is 1.86. The number of nitrogens with one attached hydrogen (secondary N) is 3. The molecule has 0 aliphatic heterocycles. The Hall–Kier alpha value is -2.02. The average Bonchev–Trinajstić information content (AvgIpc) is 3.13. The van der Waals surface area contributed by atoms with Gasteiger partial charge in [-0.15, -0.1) is 0 Å². The molecular formula is C18H27N3O3S. The van der Waals surface area contributed by atoms with Crippen molar-refractivity contribution < 1.29 is 14.3 Å². The van der Waals surface area contributed by atoms with Crippen LogP contribution in [-0.2, 0) is 0 Å². The van der Waals surface area contributed by atoms with E-state index in [2.05, 4.69) is 23.1 Å². The first-order valence-corrected chi connectivity index (χ1v) is 9.22. The van der Waals surface area contributed by atoms with Crippen LogP contribution in [0.25, 0.3) is 0 Å². The van der Waals surface area contributed by atoms with Crippen molar-refractivity contribution in [2.45, 2.75) is 51.5 Å². The zero-order chi connectivity index (χ0) is 18.1. The van der Waals surface area contributed by atoms with Gasteiger partial charge in [0, 0.05) is 11.6 Å². The molecule has 1 aromatic carbocycles.